The zero-order chi connectivity index (χ0) is 22.6. The molecule has 1 fully saturated rings. The van der Waals surface area contributed by atoms with Gasteiger partial charge in [-0.1, -0.05) is 12.1 Å². The third kappa shape index (κ3) is 6.06. The fraction of sp³-hybridized carbons (Fsp3) is 0.435. The first-order valence-electron chi connectivity index (χ1n) is 10.6. The van der Waals surface area contributed by atoms with Gasteiger partial charge in [0.15, 0.2) is 0 Å². The smallest absolute Gasteiger partial charge is 0.240 e. The summed E-state index contributed by atoms with van der Waals surface area (Å²) in [6.45, 7) is 9.51. The summed E-state index contributed by atoms with van der Waals surface area (Å²) in [7, 11) is -1.49. The molecule has 2 aromatic rings. The van der Waals surface area contributed by atoms with Crippen LogP contribution in [-0.4, -0.2) is 59.0 Å². The molecule has 0 atom stereocenters. The highest BCUT2D eigenvalue weighted by Gasteiger charge is 2.17. The number of nitrogens with one attached hydrogen (secondary N) is 2. The van der Waals surface area contributed by atoms with Crippen LogP contribution in [0, 0.1) is 13.8 Å². The van der Waals surface area contributed by atoms with E-state index >= 15 is 0 Å². The molecule has 0 bridgehead atoms. The molecule has 0 spiro atoms. The summed E-state index contributed by atoms with van der Waals surface area (Å²) in [4.78, 5) is 16.3. The lowest BCUT2D eigenvalue weighted by atomic mass is 10.1. The van der Waals surface area contributed by atoms with Gasteiger partial charge in [-0.15, -0.1) is 0 Å². The van der Waals surface area contributed by atoms with Gasteiger partial charge in [-0.2, -0.15) is 0 Å². The maximum atomic E-state index is 12.7. The maximum Gasteiger partial charge on any atom is 0.240 e. The number of rotatable bonds is 7. The number of nitrogens with zero attached hydrogens (tertiary/aromatic N) is 2. The lowest BCUT2D eigenvalue weighted by molar-refractivity contribution is -0.114. The van der Waals surface area contributed by atoms with Crippen LogP contribution in [0.15, 0.2) is 41.3 Å². The van der Waals surface area contributed by atoms with E-state index in [2.05, 4.69) is 51.2 Å². The second kappa shape index (κ2) is 9.80. The van der Waals surface area contributed by atoms with Crippen molar-refractivity contribution in [1.82, 2.24) is 9.62 Å². The molecule has 1 amide bonds. The number of hydrogen-bond acceptors (Lipinski definition) is 5. The number of carbonyl (C=O) groups excluding carboxylic acids is 1. The Kier molecular flexibility index (Phi) is 7.35. The Hall–Kier alpha value is -2.42. The number of anilines is 2. The minimum Gasteiger partial charge on any atom is -0.369 e. The van der Waals surface area contributed by atoms with E-state index in [0.717, 1.165) is 42.9 Å². The van der Waals surface area contributed by atoms with Crippen molar-refractivity contribution in [1.29, 1.82) is 0 Å². The second-order valence-electron chi connectivity index (χ2n) is 8.22. The van der Waals surface area contributed by atoms with Gasteiger partial charge in [-0.05, 0) is 68.3 Å². The summed E-state index contributed by atoms with van der Waals surface area (Å²) in [5.74, 6) is -0.182. The molecule has 0 aliphatic carbocycles. The molecule has 2 N–H and O–H groups in total. The normalized spacial score (nSPS) is 15.2. The molecular formula is C23H32N4O3S. The van der Waals surface area contributed by atoms with Gasteiger partial charge >= 0.3 is 0 Å². The van der Waals surface area contributed by atoms with Gasteiger partial charge in [-0.25, -0.2) is 13.1 Å². The Labute approximate surface area is 185 Å². The molecule has 0 unspecified atom stereocenters. The van der Waals surface area contributed by atoms with Crippen molar-refractivity contribution < 1.29 is 13.2 Å². The van der Waals surface area contributed by atoms with Crippen LogP contribution in [-0.2, 0) is 21.2 Å². The minimum absolute atomic E-state index is 0.182. The summed E-state index contributed by atoms with van der Waals surface area (Å²) in [6, 6.07) is 11.5. The molecule has 168 valence electrons. The predicted molar refractivity (Wildman–Crippen MR) is 125 cm³/mol. The van der Waals surface area contributed by atoms with Crippen molar-refractivity contribution in [3.05, 3.63) is 53.1 Å². The van der Waals surface area contributed by atoms with Crippen LogP contribution in [0.4, 0.5) is 11.4 Å². The molecule has 1 saturated heterocycles. The molecule has 1 aliphatic rings. The molecule has 1 aliphatic heterocycles. The quantitative estimate of drug-likeness (QED) is 0.686. The summed E-state index contributed by atoms with van der Waals surface area (Å²) in [5.41, 5.74) is 4.40. The fourth-order valence-corrected chi connectivity index (χ4v) is 5.00. The zero-order valence-corrected chi connectivity index (χ0v) is 19.6. The standard InChI is InChI=1S/C23H32N4O3S/c1-17-15-22(16-18(2)23(17)25-19(3)28)31(29,30)24-10-9-20-5-7-21(8-6-20)27-13-11-26(4)12-14-27/h5-8,15-16,24H,9-14H2,1-4H3,(H,25,28). The molecule has 2 aromatic carbocycles. The Balaban J connectivity index is 1.59. The van der Waals surface area contributed by atoms with E-state index in [0.29, 0.717) is 18.7 Å². The lowest BCUT2D eigenvalue weighted by Crippen LogP contribution is -2.44. The number of benzene rings is 2. The monoisotopic (exact) mass is 444 g/mol. The van der Waals surface area contributed by atoms with E-state index in [-0.39, 0.29) is 10.8 Å². The van der Waals surface area contributed by atoms with Crippen molar-refractivity contribution in [3.63, 3.8) is 0 Å². The SMILES string of the molecule is CC(=O)Nc1c(C)cc(S(=O)(=O)NCCc2ccc(N3CCN(C)CC3)cc2)cc1C. The van der Waals surface area contributed by atoms with Crippen LogP contribution < -0.4 is 14.9 Å². The molecular weight excluding hydrogens is 412 g/mol. The van der Waals surface area contributed by atoms with Crippen LogP contribution in [0.5, 0.6) is 0 Å². The van der Waals surface area contributed by atoms with Crippen molar-refractivity contribution >= 4 is 27.3 Å². The van der Waals surface area contributed by atoms with Crippen LogP contribution >= 0.6 is 0 Å². The predicted octanol–water partition coefficient (Wildman–Crippen LogP) is 2.53. The maximum absolute atomic E-state index is 12.7. The highest BCUT2D eigenvalue weighted by atomic mass is 32.2. The largest absolute Gasteiger partial charge is 0.369 e. The summed E-state index contributed by atoms with van der Waals surface area (Å²) < 4.78 is 28.2. The Morgan fingerprint density at radius 1 is 1.00 bits per heavy atom. The summed E-state index contributed by atoms with van der Waals surface area (Å²) in [6.07, 6.45) is 0.615. The van der Waals surface area contributed by atoms with Gasteiger partial charge in [0.2, 0.25) is 15.9 Å². The highest BCUT2D eigenvalue weighted by molar-refractivity contribution is 7.89. The first-order chi connectivity index (χ1) is 14.7. The van der Waals surface area contributed by atoms with Crippen LogP contribution in [0.25, 0.3) is 0 Å². The molecule has 7 nitrogen and oxygen atoms in total. The highest BCUT2D eigenvalue weighted by Crippen LogP contribution is 2.24. The van der Waals surface area contributed by atoms with Crippen molar-refractivity contribution in [3.8, 4) is 0 Å². The minimum atomic E-state index is -3.63. The molecule has 0 saturated carbocycles. The molecule has 1 heterocycles. The fourth-order valence-electron chi connectivity index (χ4n) is 3.80. The third-order valence-corrected chi connectivity index (χ3v) is 7.07. The summed E-state index contributed by atoms with van der Waals surface area (Å²) >= 11 is 0. The van der Waals surface area contributed by atoms with E-state index in [1.54, 1.807) is 26.0 Å². The average Bonchev–Trinajstić information content (AvgIpc) is 2.71. The van der Waals surface area contributed by atoms with Crippen LogP contribution in [0.3, 0.4) is 0 Å². The second-order valence-corrected chi connectivity index (χ2v) is 9.98. The molecule has 0 aromatic heterocycles. The Bertz CT molecular complexity index is 1000. The zero-order valence-electron chi connectivity index (χ0n) is 18.7. The third-order valence-electron chi connectivity index (χ3n) is 5.63. The first kappa shape index (κ1) is 23.2. The van der Waals surface area contributed by atoms with E-state index in [9.17, 15) is 13.2 Å². The van der Waals surface area contributed by atoms with Gasteiger partial charge in [0.25, 0.3) is 0 Å². The van der Waals surface area contributed by atoms with Crippen molar-refractivity contribution in [2.75, 3.05) is 50.0 Å². The number of aryl methyl sites for hydroxylation is 2. The van der Waals surface area contributed by atoms with Crippen molar-refractivity contribution in [2.24, 2.45) is 0 Å². The van der Waals surface area contributed by atoms with E-state index in [4.69, 9.17) is 0 Å². The number of hydrogen-bond donors (Lipinski definition) is 2. The van der Waals surface area contributed by atoms with Gasteiger partial charge in [0.1, 0.15) is 0 Å². The number of carbonyl (C=O) groups is 1. The number of likely N-dealkylation sites (N-methyl/N-ethyl adjacent to an activating group) is 1. The van der Waals surface area contributed by atoms with Crippen molar-refractivity contribution in [2.45, 2.75) is 32.1 Å². The summed E-state index contributed by atoms with van der Waals surface area (Å²) in [5, 5.41) is 2.76. The molecule has 3 rings (SSSR count). The van der Waals surface area contributed by atoms with Gasteiger partial charge in [0.05, 0.1) is 4.90 Å². The van der Waals surface area contributed by atoms with Crippen LogP contribution in [0.2, 0.25) is 0 Å². The molecule has 8 heteroatoms. The van der Waals surface area contributed by atoms with E-state index in [1.807, 2.05) is 0 Å². The van der Waals surface area contributed by atoms with Gasteiger partial charge in [-0.3, -0.25) is 4.79 Å². The topological polar surface area (TPSA) is 81.7 Å². The average molecular weight is 445 g/mol. The van der Waals surface area contributed by atoms with E-state index in [1.165, 1.54) is 12.6 Å². The molecule has 0 radical (unpaired) electrons. The Morgan fingerprint density at radius 2 is 1.58 bits per heavy atom. The first-order valence-corrected chi connectivity index (χ1v) is 12.0. The number of piperazine rings is 1. The van der Waals surface area contributed by atoms with Gasteiger partial charge < -0.3 is 15.1 Å². The number of amides is 1. The lowest BCUT2D eigenvalue weighted by Gasteiger charge is -2.34. The van der Waals surface area contributed by atoms with Crippen LogP contribution in [0.1, 0.15) is 23.6 Å². The molecule has 31 heavy (non-hydrogen) atoms. The number of sulfonamides is 1. The Morgan fingerprint density at radius 3 is 2.13 bits per heavy atom. The van der Waals surface area contributed by atoms with Gasteiger partial charge in [0, 0.05) is 51.0 Å². The van der Waals surface area contributed by atoms with E-state index < -0.39 is 10.0 Å².